The molecule has 29 heavy (non-hydrogen) atoms. The number of phenolic OH excluding ortho intramolecular Hbond substituents is 1. The quantitative estimate of drug-likeness (QED) is 0.446. The molecule has 3 aromatic rings. The van der Waals surface area contributed by atoms with Gasteiger partial charge in [-0.1, -0.05) is 58.4 Å². The van der Waals surface area contributed by atoms with Gasteiger partial charge in [0.15, 0.2) is 5.11 Å². The van der Waals surface area contributed by atoms with Crippen LogP contribution in [-0.4, -0.2) is 33.7 Å². The highest BCUT2D eigenvalue weighted by molar-refractivity contribution is 9.09. The summed E-state index contributed by atoms with van der Waals surface area (Å²) in [6, 6.07) is 19.0. The van der Waals surface area contributed by atoms with Crippen LogP contribution in [0, 0.1) is 0 Å². The lowest BCUT2D eigenvalue weighted by Crippen LogP contribution is -2.32. The first kappa shape index (κ1) is 19.5. The van der Waals surface area contributed by atoms with Crippen molar-refractivity contribution in [3.63, 3.8) is 0 Å². The molecule has 5 nitrogen and oxygen atoms in total. The van der Waals surface area contributed by atoms with E-state index in [-0.39, 0.29) is 16.8 Å². The second-order valence-electron chi connectivity index (χ2n) is 6.61. The van der Waals surface area contributed by atoms with Crippen molar-refractivity contribution >= 4 is 61.3 Å². The van der Waals surface area contributed by atoms with Crippen molar-refractivity contribution in [2.75, 3.05) is 16.8 Å². The summed E-state index contributed by atoms with van der Waals surface area (Å²) < 4.78 is 0. The number of carbonyl (C=O) groups excluding carboxylic acids is 1. The molecule has 0 radical (unpaired) electrons. The molecule has 0 fully saturated rings. The third-order valence-electron chi connectivity index (χ3n) is 4.80. The van der Waals surface area contributed by atoms with Crippen molar-refractivity contribution in [3.8, 4) is 5.75 Å². The number of benzene rings is 3. The molecule has 1 amide bonds. The monoisotopic (exact) mass is 467 g/mol. The summed E-state index contributed by atoms with van der Waals surface area (Å²) in [5.41, 5.74) is 2.66. The van der Waals surface area contributed by atoms with Crippen LogP contribution < -0.4 is 10.2 Å². The van der Waals surface area contributed by atoms with Crippen LogP contribution in [0.1, 0.15) is 11.1 Å². The van der Waals surface area contributed by atoms with Crippen LogP contribution in [0.2, 0.25) is 0 Å². The average molecular weight is 468 g/mol. The van der Waals surface area contributed by atoms with E-state index < -0.39 is 0 Å². The van der Waals surface area contributed by atoms with E-state index in [0.29, 0.717) is 29.7 Å². The summed E-state index contributed by atoms with van der Waals surface area (Å²) in [4.78, 5) is 18.9. The first-order chi connectivity index (χ1) is 14.1. The highest BCUT2D eigenvalue weighted by atomic mass is 79.9. The summed E-state index contributed by atoms with van der Waals surface area (Å²) in [6.45, 7) is 0.868. The zero-order valence-electron chi connectivity index (χ0n) is 15.4. The Hall–Kier alpha value is -2.77. The van der Waals surface area contributed by atoms with Gasteiger partial charge in [0.1, 0.15) is 11.5 Å². The minimum Gasteiger partial charge on any atom is -0.508 e. The summed E-state index contributed by atoms with van der Waals surface area (Å²) >= 11 is 8.74. The molecular formula is C22H18BrN3O2S. The van der Waals surface area contributed by atoms with E-state index in [1.165, 1.54) is 0 Å². The van der Waals surface area contributed by atoms with Crippen LogP contribution >= 0.6 is 28.1 Å². The van der Waals surface area contributed by atoms with Crippen molar-refractivity contribution in [2.24, 2.45) is 4.99 Å². The van der Waals surface area contributed by atoms with Crippen LogP contribution in [0.15, 0.2) is 65.7 Å². The number of aromatic hydroxyl groups is 1. The Balaban J connectivity index is 1.54. The Kier molecular flexibility index (Phi) is 5.60. The van der Waals surface area contributed by atoms with Crippen molar-refractivity contribution < 1.29 is 9.90 Å². The van der Waals surface area contributed by atoms with E-state index in [0.717, 1.165) is 22.0 Å². The second kappa shape index (κ2) is 8.31. The van der Waals surface area contributed by atoms with Crippen LogP contribution in [-0.2, 0) is 11.3 Å². The minimum absolute atomic E-state index is 0.164. The van der Waals surface area contributed by atoms with Gasteiger partial charge in [0.05, 0.1) is 5.69 Å². The largest absolute Gasteiger partial charge is 0.508 e. The molecular weight excluding hydrogens is 450 g/mol. The second-order valence-corrected chi connectivity index (χ2v) is 7.79. The molecule has 0 unspecified atom stereocenters. The van der Waals surface area contributed by atoms with E-state index in [9.17, 15) is 9.90 Å². The number of carbonyl (C=O) groups is 1. The molecule has 1 aliphatic heterocycles. The maximum Gasteiger partial charge on any atom is 0.277 e. The Morgan fingerprint density at radius 1 is 1.10 bits per heavy atom. The third-order valence-corrected chi connectivity index (χ3v) is 5.39. The fourth-order valence-electron chi connectivity index (χ4n) is 3.41. The number of fused-ring (bicyclic) bond motifs is 2. The number of nitrogens with zero attached hydrogens (tertiary/aromatic N) is 2. The maximum absolute atomic E-state index is 12.8. The minimum atomic E-state index is -0.164. The number of phenols is 1. The topological polar surface area (TPSA) is 64.9 Å². The lowest BCUT2D eigenvalue weighted by molar-refractivity contribution is -0.112. The van der Waals surface area contributed by atoms with Gasteiger partial charge < -0.3 is 15.3 Å². The lowest BCUT2D eigenvalue weighted by atomic mass is 10.1. The maximum atomic E-state index is 12.8. The number of amides is 1. The smallest absolute Gasteiger partial charge is 0.277 e. The molecule has 4 rings (SSSR count). The number of halogens is 1. The SMILES string of the molecule is O=C1C(=NC(=S)NCc2cc3ccccc3cc2O)c2ccccc2N1CCBr. The number of para-hydroxylation sites is 1. The molecule has 0 aliphatic carbocycles. The van der Waals surface area contributed by atoms with Gasteiger partial charge in [0.25, 0.3) is 5.91 Å². The molecule has 0 spiro atoms. The van der Waals surface area contributed by atoms with Crippen molar-refractivity contribution in [3.05, 3.63) is 71.8 Å². The van der Waals surface area contributed by atoms with E-state index in [4.69, 9.17) is 12.2 Å². The summed E-state index contributed by atoms with van der Waals surface area (Å²) in [5, 5.41) is 16.2. The molecule has 146 valence electrons. The standard InChI is InChI=1S/C22H18BrN3O2S/c23-9-10-26-18-8-4-3-7-17(18)20(21(26)28)25-22(29)24-13-16-11-14-5-1-2-6-15(14)12-19(16)27/h1-8,11-12,27H,9-10,13H2,(H,24,29). The highest BCUT2D eigenvalue weighted by Gasteiger charge is 2.33. The van der Waals surface area contributed by atoms with Gasteiger partial charge in [-0.3, -0.25) is 4.79 Å². The number of hydrogen-bond acceptors (Lipinski definition) is 3. The predicted molar refractivity (Wildman–Crippen MR) is 124 cm³/mol. The Bertz CT molecular complexity index is 1150. The molecule has 0 atom stereocenters. The van der Waals surface area contributed by atoms with Crippen LogP contribution in [0.4, 0.5) is 5.69 Å². The van der Waals surface area contributed by atoms with Gasteiger partial charge in [-0.2, -0.15) is 0 Å². The first-order valence-corrected chi connectivity index (χ1v) is 10.7. The number of nitrogens with one attached hydrogen (secondary N) is 1. The number of hydrogen-bond donors (Lipinski definition) is 2. The van der Waals surface area contributed by atoms with Crippen molar-refractivity contribution in [1.82, 2.24) is 5.32 Å². The number of rotatable bonds is 4. The van der Waals surface area contributed by atoms with E-state index in [2.05, 4.69) is 26.2 Å². The molecule has 3 aromatic carbocycles. The zero-order chi connectivity index (χ0) is 20.4. The van der Waals surface area contributed by atoms with Crippen LogP contribution in [0.5, 0.6) is 5.75 Å². The van der Waals surface area contributed by atoms with E-state index in [1.54, 1.807) is 11.0 Å². The zero-order valence-corrected chi connectivity index (χ0v) is 17.8. The van der Waals surface area contributed by atoms with Gasteiger partial charge in [0, 0.05) is 29.5 Å². The van der Waals surface area contributed by atoms with E-state index >= 15 is 0 Å². The molecule has 0 saturated carbocycles. The molecule has 2 N–H and O–H groups in total. The molecule has 0 saturated heterocycles. The Morgan fingerprint density at radius 2 is 1.79 bits per heavy atom. The number of aliphatic imine (C=N–C) groups is 1. The lowest BCUT2D eigenvalue weighted by Gasteiger charge is -2.14. The summed E-state index contributed by atoms with van der Waals surface area (Å²) in [6.07, 6.45) is 0. The van der Waals surface area contributed by atoms with Crippen LogP contribution in [0.25, 0.3) is 10.8 Å². The van der Waals surface area contributed by atoms with Gasteiger partial charge in [-0.25, -0.2) is 4.99 Å². The molecule has 0 aromatic heterocycles. The summed E-state index contributed by atoms with van der Waals surface area (Å²) in [5.74, 6) is 0.0285. The summed E-state index contributed by atoms with van der Waals surface area (Å²) in [7, 11) is 0. The normalized spacial score (nSPS) is 14.4. The molecule has 1 aliphatic rings. The predicted octanol–water partition coefficient (Wildman–Crippen LogP) is 4.15. The van der Waals surface area contributed by atoms with Crippen molar-refractivity contribution in [1.29, 1.82) is 0 Å². The van der Waals surface area contributed by atoms with Gasteiger partial charge in [0.2, 0.25) is 0 Å². The molecule has 7 heteroatoms. The average Bonchev–Trinajstić information content (AvgIpc) is 2.98. The fraction of sp³-hybridized carbons (Fsp3) is 0.136. The third kappa shape index (κ3) is 3.88. The molecule has 0 bridgehead atoms. The first-order valence-electron chi connectivity index (χ1n) is 9.13. The number of thiocarbonyl (C=S) groups is 1. The van der Waals surface area contributed by atoms with Crippen LogP contribution in [0.3, 0.4) is 0 Å². The fourth-order valence-corrected chi connectivity index (χ4v) is 3.92. The van der Waals surface area contributed by atoms with Gasteiger partial charge in [-0.15, -0.1) is 0 Å². The Morgan fingerprint density at radius 3 is 2.55 bits per heavy atom. The van der Waals surface area contributed by atoms with Gasteiger partial charge >= 0.3 is 0 Å². The number of alkyl halides is 1. The molecule has 1 heterocycles. The van der Waals surface area contributed by atoms with Gasteiger partial charge in [-0.05, 0) is 41.2 Å². The Labute approximate surface area is 182 Å². The van der Waals surface area contributed by atoms with E-state index in [1.807, 2.05) is 54.6 Å². The number of anilines is 1. The highest BCUT2D eigenvalue weighted by Crippen LogP contribution is 2.29. The van der Waals surface area contributed by atoms with Crippen molar-refractivity contribution in [2.45, 2.75) is 6.54 Å².